The van der Waals surface area contributed by atoms with Gasteiger partial charge in [0.05, 0.1) is 12.1 Å². The monoisotopic (exact) mass is 318 g/mol. The summed E-state index contributed by atoms with van der Waals surface area (Å²) in [5.74, 6) is -0.139. The van der Waals surface area contributed by atoms with Gasteiger partial charge < -0.3 is 10.2 Å². The van der Waals surface area contributed by atoms with Crippen LogP contribution in [0.5, 0.6) is 0 Å². The minimum atomic E-state index is -0.831. The minimum absolute atomic E-state index is 0.0265. The third-order valence-corrected chi connectivity index (χ3v) is 4.80. The van der Waals surface area contributed by atoms with E-state index in [-0.39, 0.29) is 11.8 Å². The van der Waals surface area contributed by atoms with E-state index >= 15 is 0 Å². The molecule has 1 unspecified atom stereocenters. The van der Waals surface area contributed by atoms with Crippen molar-refractivity contribution >= 4 is 23.2 Å². The van der Waals surface area contributed by atoms with E-state index in [0.717, 1.165) is 6.42 Å². The highest BCUT2D eigenvalue weighted by Crippen LogP contribution is 2.29. The van der Waals surface area contributed by atoms with E-state index in [1.165, 1.54) is 11.3 Å². The molecule has 1 saturated heterocycles. The maximum absolute atomic E-state index is 12.6. The van der Waals surface area contributed by atoms with Gasteiger partial charge in [-0.25, -0.2) is 0 Å². The fraction of sp³-hybridized carbons (Fsp3) is 0.400. The number of carbonyl (C=O) groups is 2. The molecular weight excluding hydrogens is 300 g/mol. The van der Waals surface area contributed by atoms with E-state index in [2.05, 4.69) is 10.4 Å². The summed E-state index contributed by atoms with van der Waals surface area (Å²) in [7, 11) is 1.62. The number of likely N-dealkylation sites (N-methyl/N-ethyl adjacent to an activating group) is 1. The fourth-order valence-electron chi connectivity index (χ4n) is 3.01. The largest absolute Gasteiger partial charge is 0.357 e. The lowest BCUT2D eigenvalue weighted by Gasteiger charge is -2.41. The number of piperidine rings is 1. The second-order valence-corrected chi connectivity index (χ2v) is 6.18. The summed E-state index contributed by atoms with van der Waals surface area (Å²) < 4.78 is 1.68. The number of thiophene rings is 1. The van der Waals surface area contributed by atoms with Crippen LogP contribution in [0.1, 0.15) is 23.2 Å². The van der Waals surface area contributed by atoms with Gasteiger partial charge in [-0.3, -0.25) is 14.3 Å². The summed E-state index contributed by atoms with van der Waals surface area (Å²) in [5, 5.41) is 10.7. The summed E-state index contributed by atoms with van der Waals surface area (Å²) >= 11 is 1.50. The highest BCUT2D eigenvalue weighted by atomic mass is 32.1. The Morgan fingerprint density at radius 3 is 2.95 bits per heavy atom. The Hall–Kier alpha value is -2.15. The second kappa shape index (κ2) is 5.92. The summed E-state index contributed by atoms with van der Waals surface area (Å²) in [6, 6.07) is 3.61. The van der Waals surface area contributed by atoms with Crippen molar-refractivity contribution in [2.45, 2.75) is 18.4 Å². The van der Waals surface area contributed by atoms with Gasteiger partial charge >= 0.3 is 0 Å². The van der Waals surface area contributed by atoms with Gasteiger partial charge in [-0.1, -0.05) is 0 Å². The first-order chi connectivity index (χ1) is 10.7. The lowest BCUT2D eigenvalue weighted by atomic mass is 9.87. The van der Waals surface area contributed by atoms with Crippen molar-refractivity contribution in [3.8, 4) is 0 Å². The average Bonchev–Trinajstić information content (AvgIpc) is 3.26. The molecule has 116 valence electrons. The van der Waals surface area contributed by atoms with Crippen LogP contribution in [-0.2, 0) is 10.3 Å². The summed E-state index contributed by atoms with van der Waals surface area (Å²) in [5.41, 5.74) is -0.152. The second-order valence-electron chi connectivity index (χ2n) is 5.40. The first-order valence-electron chi connectivity index (χ1n) is 7.21. The molecule has 2 aromatic heterocycles. The molecule has 0 aromatic carbocycles. The number of rotatable bonds is 3. The molecule has 2 amide bonds. The molecule has 1 aliphatic rings. The maximum Gasteiger partial charge on any atom is 0.254 e. The van der Waals surface area contributed by atoms with Crippen LogP contribution in [0.2, 0.25) is 0 Å². The number of hydrogen-bond acceptors (Lipinski definition) is 4. The van der Waals surface area contributed by atoms with Crippen molar-refractivity contribution in [1.29, 1.82) is 0 Å². The van der Waals surface area contributed by atoms with E-state index in [4.69, 9.17) is 0 Å². The van der Waals surface area contributed by atoms with E-state index < -0.39 is 5.54 Å². The van der Waals surface area contributed by atoms with Gasteiger partial charge in [-0.05, 0) is 30.4 Å². The maximum atomic E-state index is 12.6. The van der Waals surface area contributed by atoms with Crippen molar-refractivity contribution in [3.63, 3.8) is 0 Å². The number of carbonyl (C=O) groups excluding carboxylic acids is 2. The molecule has 0 spiro atoms. The molecule has 1 fully saturated rings. The Morgan fingerprint density at radius 2 is 2.32 bits per heavy atom. The molecule has 1 atom stereocenters. The van der Waals surface area contributed by atoms with Crippen molar-refractivity contribution in [3.05, 3.63) is 40.8 Å². The Balaban J connectivity index is 1.92. The van der Waals surface area contributed by atoms with E-state index in [1.807, 2.05) is 16.8 Å². The third kappa shape index (κ3) is 2.41. The van der Waals surface area contributed by atoms with Crippen LogP contribution in [0.15, 0.2) is 35.3 Å². The molecule has 0 aliphatic carbocycles. The van der Waals surface area contributed by atoms with Gasteiger partial charge in [0.25, 0.3) is 5.91 Å². The van der Waals surface area contributed by atoms with Crippen LogP contribution in [0.4, 0.5) is 0 Å². The zero-order valence-electron chi connectivity index (χ0n) is 12.4. The highest BCUT2D eigenvalue weighted by Gasteiger charge is 2.45. The molecule has 0 bridgehead atoms. The molecule has 3 rings (SSSR count). The van der Waals surface area contributed by atoms with Gasteiger partial charge in [0.2, 0.25) is 5.91 Å². The van der Waals surface area contributed by atoms with Gasteiger partial charge in [-0.15, -0.1) is 0 Å². The van der Waals surface area contributed by atoms with Crippen LogP contribution < -0.4 is 5.32 Å². The lowest BCUT2D eigenvalue weighted by molar-refractivity contribution is -0.132. The molecular formula is C15H18N4O2S. The minimum Gasteiger partial charge on any atom is -0.357 e. The quantitative estimate of drug-likeness (QED) is 0.928. The predicted molar refractivity (Wildman–Crippen MR) is 83.7 cm³/mol. The van der Waals surface area contributed by atoms with E-state index in [1.54, 1.807) is 35.1 Å². The van der Waals surface area contributed by atoms with Crippen LogP contribution in [0.25, 0.3) is 0 Å². The molecule has 1 N–H and O–H groups in total. The first-order valence-corrected chi connectivity index (χ1v) is 8.15. The molecule has 3 heterocycles. The van der Waals surface area contributed by atoms with Crippen LogP contribution in [0, 0.1) is 0 Å². The van der Waals surface area contributed by atoms with Crippen molar-refractivity contribution < 1.29 is 9.59 Å². The molecule has 6 nitrogen and oxygen atoms in total. The molecule has 22 heavy (non-hydrogen) atoms. The number of nitrogens with one attached hydrogen (secondary N) is 1. The lowest BCUT2D eigenvalue weighted by Crippen LogP contribution is -2.59. The van der Waals surface area contributed by atoms with Gasteiger partial charge in [-0.2, -0.15) is 16.4 Å². The van der Waals surface area contributed by atoms with Crippen LogP contribution >= 0.6 is 11.3 Å². The topological polar surface area (TPSA) is 67.2 Å². The fourth-order valence-corrected chi connectivity index (χ4v) is 3.64. The Kier molecular flexibility index (Phi) is 3.98. The Bertz CT molecular complexity index is 653. The van der Waals surface area contributed by atoms with Crippen LogP contribution in [0.3, 0.4) is 0 Å². The Morgan fingerprint density at radius 1 is 1.45 bits per heavy atom. The van der Waals surface area contributed by atoms with Gasteiger partial charge in [0.1, 0.15) is 0 Å². The number of aromatic nitrogens is 2. The SMILES string of the molecule is CNC(=O)C1(n2cccn2)CCCN(C(=O)c2ccsc2)C1. The Labute approximate surface area is 132 Å². The van der Waals surface area contributed by atoms with Gasteiger partial charge in [0.15, 0.2) is 5.54 Å². The van der Waals surface area contributed by atoms with Crippen LogP contribution in [-0.4, -0.2) is 46.6 Å². The average molecular weight is 318 g/mol. The normalized spacial score (nSPS) is 21.6. The summed E-state index contributed by atoms with van der Waals surface area (Å²) in [4.78, 5) is 26.9. The zero-order chi connectivity index (χ0) is 15.6. The van der Waals surface area contributed by atoms with E-state index in [0.29, 0.717) is 25.1 Å². The molecule has 2 aromatic rings. The predicted octanol–water partition coefficient (Wildman–Crippen LogP) is 1.32. The standard InChI is InChI=1S/C15H18N4O2S/c1-16-14(21)15(19-8-3-6-17-19)5-2-7-18(11-15)13(20)12-4-9-22-10-12/h3-4,6,8-10H,2,5,7,11H2,1H3,(H,16,21). The number of likely N-dealkylation sites (tertiary alicyclic amines) is 1. The molecule has 0 radical (unpaired) electrons. The molecule has 1 aliphatic heterocycles. The van der Waals surface area contributed by atoms with E-state index in [9.17, 15) is 9.59 Å². The number of hydrogen-bond donors (Lipinski definition) is 1. The third-order valence-electron chi connectivity index (χ3n) is 4.12. The highest BCUT2D eigenvalue weighted by molar-refractivity contribution is 7.08. The molecule has 7 heteroatoms. The first kappa shape index (κ1) is 14.8. The van der Waals surface area contributed by atoms with Gasteiger partial charge in [0, 0.05) is 31.4 Å². The number of amides is 2. The number of nitrogens with zero attached hydrogens (tertiary/aromatic N) is 3. The van der Waals surface area contributed by atoms with Crippen molar-refractivity contribution in [2.75, 3.05) is 20.1 Å². The smallest absolute Gasteiger partial charge is 0.254 e. The summed E-state index contributed by atoms with van der Waals surface area (Å²) in [6.45, 7) is 0.998. The molecule has 0 saturated carbocycles. The van der Waals surface area contributed by atoms with Crippen molar-refractivity contribution in [1.82, 2.24) is 20.0 Å². The summed E-state index contributed by atoms with van der Waals surface area (Å²) in [6.07, 6.45) is 4.88. The zero-order valence-corrected chi connectivity index (χ0v) is 13.2. The van der Waals surface area contributed by atoms with Crippen molar-refractivity contribution in [2.24, 2.45) is 0 Å².